The van der Waals surface area contributed by atoms with Gasteiger partial charge in [0.25, 0.3) is 5.91 Å². The third kappa shape index (κ3) is 4.94. The van der Waals surface area contributed by atoms with E-state index < -0.39 is 0 Å². The van der Waals surface area contributed by atoms with E-state index in [1.54, 1.807) is 52.1 Å². The summed E-state index contributed by atoms with van der Waals surface area (Å²) in [7, 11) is 7.38. The van der Waals surface area contributed by atoms with Gasteiger partial charge in [0.15, 0.2) is 18.2 Å². The van der Waals surface area contributed by atoms with E-state index in [-0.39, 0.29) is 18.4 Å². The highest BCUT2D eigenvalue weighted by Gasteiger charge is 2.14. The van der Waals surface area contributed by atoms with Gasteiger partial charge in [-0.15, -0.1) is 0 Å². The molecular formula is C18H23N9O2. The number of anilines is 3. The van der Waals surface area contributed by atoms with Crippen molar-refractivity contribution in [3.8, 4) is 11.7 Å². The standard InChI is InChI=1S/C18H23N9O2/c1-12-21-14(27-8-6-7-20-27)9-16(22-12)29-11-15(28)23-13-10-19-18(26(4)5)24-17(13)25(2)3/h6-10H,11H2,1-5H3,(H,23,28). The molecule has 0 aliphatic rings. The van der Waals surface area contributed by atoms with Crippen LogP contribution in [0.4, 0.5) is 17.5 Å². The van der Waals surface area contributed by atoms with E-state index in [2.05, 4.69) is 30.4 Å². The molecule has 0 saturated carbocycles. The monoisotopic (exact) mass is 397 g/mol. The van der Waals surface area contributed by atoms with Crippen LogP contribution in [0.5, 0.6) is 5.88 Å². The van der Waals surface area contributed by atoms with Crippen LogP contribution in [0.2, 0.25) is 0 Å². The fourth-order valence-electron chi connectivity index (χ4n) is 2.46. The van der Waals surface area contributed by atoms with Gasteiger partial charge in [0.1, 0.15) is 11.5 Å². The van der Waals surface area contributed by atoms with E-state index >= 15 is 0 Å². The number of aryl methyl sites for hydroxylation is 1. The van der Waals surface area contributed by atoms with Crippen LogP contribution in [0.1, 0.15) is 5.82 Å². The number of ether oxygens (including phenoxy) is 1. The van der Waals surface area contributed by atoms with Crippen molar-refractivity contribution in [1.29, 1.82) is 0 Å². The number of carbonyl (C=O) groups excluding carboxylic acids is 1. The summed E-state index contributed by atoms with van der Waals surface area (Å²) in [4.78, 5) is 33.2. The molecule has 0 unspecified atom stereocenters. The van der Waals surface area contributed by atoms with Gasteiger partial charge in [-0.3, -0.25) is 4.79 Å². The Kier molecular flexibility index (Phi) is 5.86. The first-order chi connectivity index (χ1) is 13.8. The highest BCUT2D eigenvalue weighted by atomic mass is 16.5. The molecule has 29 heavy (non-hydrogen) atoms. The van der Waals surface area contributed by atoms with E-state index in [0.717, 1.165) is 0 Å². The number of nitrogens with zero attached hydrogens (tertiary/aromatic N) is 8. The molecule has 3 rings (SSSR count). The molecule has 0 fully saturated rings. The molecule has 0 aromatic carbocycles. The molecule has 0 radical (unpaired) electrons. The average molecular weight is 397 g/mol. The average Bonchev–Trinajstić information content (AvgIpc) is 3.21. The molecule has 11 nitrogen and oxygen atoms in total. The third-order valence-electron chi connectivity index (χ3n) is 3.74. The van der Waals surface area contributed by atoms with Gasteiger partial charge in [-0.1, -0.05) is 0 Å². The minimum atomic E-state index is -0.355. The Labute approximate surface area is 168 Å². The van der Waals surface area contributed by atoms with Crippen LogP contribution in [0.25, 0.3) is 5.82 Å². The van der Waals surface area contributed by atoms with Gasteiger partial charge in [-0.25, -0.2) is 14.6 Å². The molecule has 3 aromatic rings. The Bertz CT molecular complexity index is 987. The van der Waals surface area contributed by atoms with Gasteiger partial charge in [-0.05, 0) is 13.0 Å². The Morgan fingerprint density at radius 1 is 1.17 bits per heavy atom. The quantitative estimate of drug-likeness (QED) is 0.621. The van der Waals surface area contributed by atoms with Crippen LogP contribution in [0, 0.1) is 6.92 Å². The van der Waals surface area contributed by atoms with Crippen LogP contribution < -0.4 is 19.9 Å². The fraction of sp³-hybridized carbons (Fsp3) is 0.333. The largest absolute Gasteiger partial charge is 0.467 e. The molecule has 1 amide bonds. The summed E-state index contributed by atoms with van der Waals surface area (Å²) in [6, 6.07) is 3.41. The molecule has 0 bridgehead atoms. The number of aromatic nitrogens is 6. The highest BCUT2D eigenvalue weighted by Crippen LogP contribution is 2.23. The number of amides is 1. The topological polar surface area (TPSA) is 114 Å². The van der Waals surface area contributed by atoms with Crippen molar-refractivity contribution in [3.63, 3.8) is 0 Å². The van der Waals surface area contributed by atoms with Crippen molar-refractivity contribution in [2.45, 2.75) is 6.92 Å². The summed E-state index contributed by atoms with van der Waals surface area (Å²) >= 11 is 0. The Morgan fingerprint density at radius 2 is 1.97 bits per heavy atom. The zero-order valence-electron chi connectivity index (χ0n) is 17.0. The maximum absolute atomic E-state index is 12.4. The van der Waals surface area contributed by atoms with Gasteiger partial charge in [-0.2, -0.15) is 15.1 Å². The molecule has 3 aromatic heterocycles. The Balaban J connectivity index is 1.69. The van der Waals surface area contributed by atoms with Crippen LogP contribution in [0.3, 0.4) is 0 Å². The number of hydrogen-bond donors (Lipinski definition) is 1. The second-order valence-electron chi connectivity index (χ2n) is 6.60. The molecule has 11 heteroatoms. The number of hydrogen-bond acceptors (Lipinski definition) is 9. The predicted octanol–water partition coefficient (Wildman–Crippen LogP) is 0.910. The predicted molar refractivity (Wildman–Crippen MR) is 109 cm³/mol. The van der Waals surface area contributed by atoms with Crippen molar-refractivity contribution in [2.75, 3.05) is 49.9 Å². The highest BCUT2D eigenvalue weighted by molar-refractivity contribution is 5.94. The Morgan fingerprint density at radius 3 is 2.62 bits per heavy atom. The normalized spacial score (nSPS) is 10.5. The molecule has 0 aliphatic carbocycles. The zero-order chi connectivity index (χ0) is 21.0. The van der Waals surface area contributed by atoms with Gasteiger partial charge in [0.05, 0.1) is 6.20 Å². The molecule has 152 valence electrons. The van der Waals surface area contributed by atoms with Gasteiger partial charge >= 0.3 is 0 Å². The zero-order valence-corrected chi connectivity index (χ0v) is 17.0. The molecule has 0 saturated heterocycles. The second-order valence-corrected chi connectivity index (χ2v) is 6.60. The van der Waals surface area contributed by atoms with Crippen LogP contribution >= 0.6 is 0 Å². The third-order valence-corrected chi connectivity index (χ3v) is 3.74. The summed E-state index contributed by atoms with van der Waals surface area (Å²) in [5, 5.41) is 6.91. The van der Waals surface area contributed by atoms with Crippen molar-refractivity contribution in [1.82, 2.24) is 29.7 Å². The van der Waals surface area contributed by atoms with Crippen LogP contribution in [-0.4, -0.2) is 70.4 Å². The van der Waals surface area contributed by atoms with E-state index in [4.69, 9.17) is 4.74 Å². The minimum Gasteiger partial charge on any atom is -0.467 e. The van der Waals surface area contributed by atoms with E-state index in [1.165, 1.54) is 0 Å². The Hall–Kier alpha value is -3.76. The first-order valence-electron chi connectivity index (χ1n) is 8.83. The molecule has 1 N–H and O–H groups in total. The van der Waals surface area contributed by atoms with E-state index in [9.17, 15) is 4.79 Å². The van der Waals surface area contributed by atoms with Gasteiger partial charge in [0.2, 0.25) is 11.8 Å². The molecular weight excluding hydrogens is 374 g/mol. The molecule has 0 atom stereocenters. The van der Waals surface area contributed by atoms with Crippen LogP contribution in [0.15, 0.2) is 30.7 Å². The summed E-state index contributed by atoms with van der Waals surface area (Å²) in [6.07, 6.45) is 4.98. The first-order valence-corrected chi connectivity index (χ1v) is 8.83. The van der Waals surface area contributed by atoms with E-state index in [1.807, 2.05) is 28.2 Å². The fourth-order valence-corrected chi connectivity index (χ4v) is 2.46. The van der Waals surface area contributed by atoms with Crippen molar-refractivity contribution >= 4 is 23.4 Å². The van der Waals surface area contributed by atoms with Gasteiger partial charge < -0.3 is 19.9 Å². The van der Waals surface area contributed by atoms with Crippen molar-refractivity contribution < 1.29 is 9.53 Å². The minimum absolute atomic E-state index is 0.225. The smallest absolute Gasteiger partial charge is 0.262 e. The summed E-state index contributed by atoms with van der Waals surface area (Å²) in [6.45, 7) is 1.52. The number of carbonyl (C=O) groups is 1. The second kappa shape index (κ2) is 8.50. The summed E-state index contributed by atoms with van der Waals surface area (Å²) < 4.78 is 7.15. The van der Waals surface area contributed by atoms with Crippen LogP contribution in [-0.2, 0) is 4.79 Å². The van der Waals surface area contributed by atoms with E-state index in [0.29, 0.717) is 29.1 Å². The SMILES string of the molecule is Cc1nc(OCC(=O)Nc2cnc(N(C)C)nc2N(C)C)cc(-n2cccn2)n1. The maximum Gasteiger partial charge on any atom is 0.262 e. The lowest BCUT2D eigenvalue weighted by atomic mass is 10.4. The summed E-state index contributed by atoms with van der Waals surface area (Å²) in [5.41, 5.74) is 0.491. The van der Waals surface area contributed by atoms with Crippen molar-refractivity contribution in [2.24, 2.45) is 0 Å². The lowest BCUT2D eigenvalue weighted by Gasteiger charge is -2.19. The number of nitrogens with one attached hydrogen (secondary N) is 1. The van der Waals surface area contributed by atoms with Gasteiger partial charge in [0, 0.05) is 46.7 Å². The number of rotatable bonds is 7. The molecule has 3 heterocycles. The lowest BCUT2D eigenvalue weighted by Crippen LogP contribution is -2.24. The molecule has 0 spiro atoms. The molecule has 0 aliphatic heterocycles. The van der Waals surface area contributed by atoms with Crippen molar-refractivity contribution in [3.05, 3.63) is 36.5 Å². The maximum atomic E-state index is 12.4. The summed E-state index contributed by atoms with van der Waals surface area (Å²) in [5.74, 6) is 2.13. The lowest BCUT2D eigenvalue weighted by molar-refractivity contribution is -0.118. The first kappa shape index (κ1) is 20.0.